The van der Waals surface area contributed by atoms with Gasteiger partial charge in [0.1, 0.15) is 0 Å². The topological polar surface area (TPSA) is 74.6 Å². The Morgan fingerprint density at radius 2 is 1.10 bits per heavy atom. The number of benzene rings is 2. The number of carbonyl (C=O) groups is 2. The lowest BCUT2D eigenvalue weighted by molar-refractivity contribution is 0.0685. The summed E-state index contributed by atoms with van der Waals surface area (Å²) in [5.41, 5.74) is 0.505. The third-order valence-corrected chi connectivity index (χ3v) is 5.35. The predicted octanol–water partition coefficient (Wildman–Crippen LogP) is 4.12. The Kier molecular flexibility index (Phi) is 4.51. The van der Waals surface area contributed by atoms with Crippen LogP contribution >= 0.6 is 35.9 Å². The molecule has 0 aliphatic carbocycles. The first-order valence-corrected chi connectivity index (χ1v) is 7.28. The highest BCUT2D eigenvalue weighted by molar-refractivity contribution is 8.05. The molecule has 2 aromatic carbocycles. The van der Waals surface area contributed by atoms with Crippen molar-refractivity contribution in [1.82, 2.24) is 0 Å². The van der Waals surface area contributed by atoms with E-state index in [1.54, 1.807) is 36.4 Å². The summed E-state index contributed by atoms with van der Waals surface area (Å²) >= 11 is 2.91. The molecular formula is C14H9ClO4S2. The molecule has 2 aromatic rings. The summed E-state index contributed by atoms with van der Waals surface area (Å²) in [5.74, 6) is -1.91. The van der Waals surface area contributed by atoms with Gasteiger partial charge in [0, 0.05) is 19.6 Å². The van der Waals surface area contributed by atoms with Crippen molar-refractivity contribution in [3.63, 3.8) is 0 Å². The second kappa shape index (κ2) is 6.01. The van der Waals surface area contributed by atoms with E-state index in [1.165, 1.54) is 23.5 Å². The quantitative estimate of drug-likeness (QED) is 0.731. The number of hydrogen-bond acceptors (Lipinski definition) is 4. The van der Waals surface area contributed by atoms with Crippen molar-refractivity contribution in [1.29, 1.82) is 0 Å². The van der Waals surface area contributed by atoms with Gasteiger partial charge >= 0.3 is 11.9 Å². The van der Waals surface area contributed by atoms with Crippen LogP contribution in [0.1, 0.15) is 20.7 Å². The Balaban J connectivity index is 0.00000161. The zero-order chi connectivity index (χ0) is 14.3. The van der Waals surface area contributed by atoms with Gasteiger partial charge in [-0.2, -0.15) is 0 Å². The Morgan fingerprint density at radius 3 is 1.43 bits per heavy atom. The molecule has 0 fully saturated rings. The summed E-state index contributed by atoms with van der Waals surface area (Å²) in [7, 11) is 0. The molecule has 0 radical (unpaired) electrons. The van der Waals surface area contributed by atoms with E-state index in [9.17, 15) is 9.59 Å². The normalized spacial score (nSPS) is 11.8. The van der Waals surface area contributed by atoms with Crippen LogP contribution in [-0.2, 0) is 0 Å². The largest absolute Gasteiger partial charge is 0.478 e. The minimum atomic E-state index is -0.953. The van der Waals surface area contributed by atoms with E-state index in [0.29, 0.717) is 0 Å². The van der Waals surface area contributed by atoms with Crippen molar-refractivity contribution < 1.29 is 19.8 Å². The molecule has 3 rings (SSSR count). The first-order valence-electron chi connectivity index (χ1n) is 5.65. The van der Waals surface area contributed by atoms with Gasteiger partial charge in [0.25, 0.3) is 0 Å². The Hall–Kier alpha value is -1.63. The van der Waals surface area contributed by atoms with Crippen molar-refractivity contribution in [2.24, 2.45) is 0 Å². The molecule has 0 aromatic heterocycles. The first kappa shape index (κ1) is 15.8. The molecule has 1 aliphatic heterocycles. The molecule has 1 aliphatic rings. The summed E-state index contributed by atoms with van der Waals surface area (Å²) in [6.07, 6.45) is 0. The summed E-state index contributed by atoms with van der Waals surface area (Å²) in [5, 5.41) is 18.0. The molecule has 1 heterocycles. The van der Waals surface area contributed by atoms with Gasteiger partial charge in [-0.3, -0.25) is 0 Å². The number of carboxylic acid groups (broad SMARTS) is 2. The molecule has 0 atom stereocenters. The number of rotatable bonds is 2. The fraction of sp³-hybridized carbons (Fsp3) is 0. The smallest absolute Gasteiger partial charge is 0.335 e. The predicted molar refractivity (Wildman–Crippen MR) is 82.3 cm³/mol. The van der Waals surface area contributed by atoms with E-state index in [-0.39, 0.29) is 23.5 Å². The number of fused-ring (bicyclic) bond motifs is 2. The van der Waals surface area contributed by atoms with Crippen molar-refractivity contribution >= 4 is 47.9 Å². The Bertz CT molecular complexity index is 682. The molecule has 0 bridgehead atoms. The van der Waals surface area contributed by atoms with Crippen LogP contribution in [0.2, 0.25) is 0 Å². The molecular weight excluding hydrogens is 332 g/mol. The highest BCUT2D eigenvalue weighted by Gasteiger charge is 2.19. The van der Waals surface area contributed by atoms with E-state index in [2.05, 4.69) is 0 Å². The highest BCUT2D eigenvalue weighted by Crippen LogP contribution is 2.48. The van der Waals surface area contributed by atoms with E-state index >= 15 is 0 Å². The average molecular weight is 341 g/mol. The number of hydrogen-bond donors (Lipinski definition) is 2. The number of carboxylic acids is 2. The van der Waals surface area contributed by atoms with E-state index < -0.39 is 11.9 Å². The molecule has 2 N–H and O–H groups in total. The van der Waals surface area contributed by atoms with Crippen molar-refractivity contribution in [2.45, 2.75) is 19.6 Å². The van der Waals surface area contributed by atoms with E-state index in [4.69, 9.17) is 10.2 Å². The fourth-order valence-corrected chi connectivity index (χ4v) is 4.12. The molecule has 4 nitrogen and oxygen atoms in total. The lowest BCUT2D eigenvalue weighted by atomic mass is 10.2. The van der Waals surface area contributed by atoms with Crippen LogP contribution in [-0.4, -0.2) is 22.2 Å². The summed E-state index contributed by atoms with van der Waals surface area (Å²) in [4.78, 5) is 25.6. The molecule has 0 amide bonds. The summed E-state index contributed by atoms with van der Waals surface area (Å²) in [6.45, 7) is 0. The zero-order valence-electron chi connectivity index (χ0n) is 10.4. The summed E-state index contributed by atoms with van der Waals surface area (Å²) < 4.78 is 0. The molecule has 21 heavy (non-hydrogen) atoms. The van der Waals surface area contributed by atoms with Crippen LogP contribution in [0, 0.1) is 0 Å². The lowest BCUT2D eigenvalue weighted by Gasteiger charge is -2.18. The lowest BCUT2D eigenvalue weighted by Crippen LogP contribution is -2.00. The molecule has 7 heteroatoms. The van der Waals surface area contributed by atoms with E-state index in [1.807, 2.05) is 0 Å². The van der Waals surface area contributed by atoms with Crippen LogP contribution in [0.15, 0.2) is 56.0 Å². The fourth-order valence-electron chi connectivity index (χ4n) is 1.85. The monoisotopic (exact) mass is 340 g/mol. The van der Waals surface area contributed by atoms with Gasteiger partial charge in [0.15, 0.2) is 0 Å². The van der Waals surface area contributed by atoms with Crippen molar-refractivity contribution in [2.75, 3.05) is 0 Å². The number of halogens is 1. The maximum absolute atomic E-state index is 11.0. The maximum Gasteiger partial charge on any atom is 0.335 e. The Morgan fingerprint density at radius 1 is 0.714 bits per heavy atom. The van der Waals surface area contributed by atoms with Crippen LogP contribution in [0.3, 0.4) is 0 Å². The van der Waals surface area contributed by atoms with Gasteiger partial charge in [-0.1, -0.05) is 23.5 Å². The van der Waals surface area contributed by atoms with Crippen LogP contribution in [0.4, 0.5) is 0 Å². The zero-order valence-corrected chi connectivity index (χ0v) is 12.8. The van der Waals surface area contributed by atoms with Gasteiger partial charge in [-0.05, 0) is 36.4 Å². The molecule has 0 saturated carbocycles. The minimum absolute atomic E-state index is 0. The SMILES string of the molecule is Cl.O=C(O)c1ccc2c(c1)Sc1ccc(C(=O)O)cc1S2. The van der Waals surface area contributed by atoms with Gasteiger partial charge in [-0.25, -0.2) is 9.59 Å². The average Bonchev–Trinajstić information content (AvgIpc) is 2.43. The standard InChI is InChI=1S/C14H8O4S2.ClH/c15-13(16)7-1-3-9-11(5-7)20-10-4-2-8(14(17)18)6-12(10)19-9;/h1-6H,(H,15,16)(H,17,18);1H. The third-order valence-electron chi connectivity index (χ3n) is 2.82. The first-order chi connectivity index (χ1) is 9.54. The molecule has 0 unspecified atom stereocenters. The second-order valence-electron chi connectivity index (χ2n) is 4.14. The maximum atomic E-state index is 11.0. The van der Waals surface area contributed by atoms with Crippen LogP contribution in [0.25, 0.3) is 0 Å². The molecule has 0 spiro atoms. The van der Waals surface area contributed by atoms with Gasteiger partial charge in [0.2, 0.25) is 0 Å². The van der Waals surface area contributed by atoms with Crippen molar-refractivity contribution in [3.8, 4) is 0 Å². The second-order valence-corrected chi connectivity index (χ2v) is 6.31. The van der Waals surface area contributed by atoms with Gasteiger partial charge in [-0.15, -0.1) is 12.4 Å². The number of aromatic carboxylic acids is 2. The van der Waals surface area contributed by atoms with Crippen LogP contribution in [0.5, 0.6) is 0 Å². The Labute approximate surface area is 135 Å². The molecule has 0 saturated heterocycles. The van der Waals surface area contributed by atoms with Gasteiger partial charge in [0.05, 0.1) is 11.1 Å². The van der Waals surface area contributed by atoms with E-state index in [0.717, 1.165) is 19.6 Å². The minimum Gasteiger partial charge on any atom is -0.478 e. The molecule has 108 valence electrons. The van der Waals surface area contributed by atoms with Crippen LogP contribution < -0.4 is 0 Å². The third kappa shape index (κ3) is 3.02. The highest BCUT2D eigenvalue weighted by atomic mass is 35.5. The summed E-state index contributed by atoms with van der Waals surface area (Å²) in [6, 6.07) is 9.91. The van der Waals surface area contributed by atoms with Crippen molar-refractivity contribution in [3.05, 3.63) is 47.5 Å². The van der Waals surface area contributed by atoms with Gasteiger partial charge < -0.3 is 10.2 Å².